The first-order chi connectivity index (χ1) is 6.66. The Morgan fingerprint density at radius 2 is 2.07 bits per heavy atom. The van der Waals surface area contributed by atoms with Gasteiger partial charge in [0.1, 0.15) is 4.90 Å². The molecule has 14 heavy (non-hydrogen) atoms. The Morgan fingerprint density at radius 1 is 1.43 bits per heavy atom. The second-order valence-corrected chi connectivity index (χ2v) is 4.10. The highest BCUT2D eigenvalue weighted by Crippen LogP contribution is 2.21. The van der Waals surface area contributed by atoms with Crippen LogP contribution in [0, 0.1) is 10.1 Å². The molecule has 1 rings (SSSR count). The third kappa shape index (κ3) is 2.36. The monoisotopic (exact) mass is 214 g/mol. The maximum absolute atomic E-state index is 11.5. The van der Waals surface area contributed by atoms with Crippen molar-refractivity contribution in [3.63, 3.8) is 0 Å². The van der Waals surface area contributed by atoms with Crippen molar-refractivity contribution in [1.29, 1.82) is 0 Å². The van der Waals surface area contributed by atoms with Gasteiger partial charge in [0, 0.05) is 18.4 Å². The molecule has 0 heterocycles. The summed E-state index contributed by atoms with van der Waals surface area (Å²) < 4.78 is 11.5. The molecule has 1 atom stereocenters. The third-order valence-corrected chi connectivity index (χ3v) is 3.05. The van der Waals surface area contributed by atoms with Crippen LogP contribution < -0.4 is 5.73 Å². The molecular weight excluding hydrogens is 204 g/mol. The van der Waals surface area contributed by atoms with Crippen molar-refractivity contribution in [2.24, 2.45) is 5.73 Å². The Bertz CT molecular complexity index is 367. The third-order valence-electron chi connectivity index (χ3n) is 1.61. The Labute approximate surface area is 83.5 Å². The predicted octanol–water partition coefficient (Wildman–Crippen LogP) is 0.661. The molecule has 76 valence electrons. The molecule has 1 aromatic rings. The second-order valence-electron chi connectivity index (χ2n) is 2.56. The standard InChI is InChI=1S/C8H10N2O3S/c9-5-6-14(13)8-4-2-1-3-7(8)10(11)12/h1-4H,5-6,9H2. The van der Waals surface area contributed by atoms with Gasteiger partial charge in [-0.2, -0.15) is 0 Å². The van der Waals surface area contributed by atoms with Gasteiger partial charge in [0.2, 0.25) is 0 Å². The van der Waals surface area contributed by atoms with E-state index in [-0.39, 0.29) is 22.9 Å². The minimum absolute atomic E-state index is 0.112. The molecule has 0 aromatic heterocycles. The summed E-state index contributed by atoms with van der Waals surface area (Å²) in [6.07, 6.45) is 0. The van der Waals surface area contributed by atoms with Gasteiger partial charge in [0.25, 0.3) is 5.69 Å². The largest absolute Gasteiger partial charge is 0.330 e. The van der Waals surface area contributed by atoms with Gasteiger partial charge in [-0.3, -0.25) is 14.3 Å². The van der Waals surface area contributed by atoms with Crippen LogP contribution in [-0.2, 0) is 10.8 Å². The molecule has 0 spiro atoms. The molecule has 0 radical (unpaired) electrons. The number of nitrogens with zero attached hydrogens (tertiary/aromatic N) is 1. The molecule has 0 aliphatic rings. The van der Waals surface area contributed by atoms with E-state index < -0.39 is 15.7 Å². The quantitative estimate of drug-likeness (QED) is 0.589. The minimum atomic E-state index is -1.38. The van der Waals surface area contributed by atoms with Crippen molar-refractivity contribution >= 4 is 16.5 Å². The number of nitrogens with two attached hydrogens (primary N) is 1. The molecule has 0 saturated heterocycles. The second kappa shape index (κ2) is 4.83. The molecule has 0 saturated carbocycles. The number of hydrogen-bond acceptors (Lipinski definition) is 4. The molecule has 1 unspecified atom stereocenters. The highest BCUT2D eigenvalue weighted by atomic mass is 32.2. The van der Waals surface area contributed by atoms with E-state index in [1.807, 2.05) is 0 Å². The average Bonchev–Trinajstić information content (AvgIpc) is 2.18. The zero-order chi connectivity index (χ0) is 10.6. The minimum Gasteiger partial charge on any atom is -0.330 e. The van der Waals surface area contributed by atoms with E-state index in [9.17, 15) is 14.3 Å². The fourth-order valence-electron chi connectivity index (χ4n) is 1.02. The molecule has 0 fully saturated rings. The summed E-state index contributed by atoms with van der Waals surface area (Å²) in [6.45, 7) is 0.249. The van der Waals surface area contributed by atoms with Gasteiger partial charge in [-0.1, -0.05) is 12.1 Å². The summed E-state index contributed by atoms with van der Waals surface area (Å²) in [6, 6.07) is 5.99. The fourth-order valence-corrected chi connectivity index (χ4v) is 2.06. The zero-order valence-electron chi connectivity index (χ0n) is 7.38. The van der Waals surface area contributed by atoms with E-state index in [1.54, 1.807) is 12.1 Å². The summed E-state index contributed by atoms with van der Waals surface area (Å²) in [5, 5.41) is 10.6. The number of rotatable bonds is 4. The highest BCUT2D eigenvalue weighted by molar-refractivity contribution is 7.85. The molecule has 0 amide bonds. The van der Waals surface area contributed by atoms with E-state index >= 15 is 0 Å². The molecule has 6 heteroatoms. The smallest absolute Gasteiger partial charge is 0.285 e. The SMILES string of the molecule is NCCS(=O)c1ccccc1[N+](=O)[O-]. The first-order valence-electron chi connectivity index (χ1n) is 3.98. The lowest BCUT2D eigenvalue weighted by atomic mass is 10.3. The Balaban J connectivity index is 3.07. The molecule has 5 nitrogen and oxygen atoms in total. The molecule has 2 N–H and O–H groups in total. The van der Waals surface area contributed by atoms with Crippen LogP contribution in [0.2, 0.25) is 0 Å². The lowest BCUT2D eigenvalue weighted by Crippen LogP contribution is -2.11. The maximum atomic E-state index is 11.5. The van der Waals surface area contributed by atoms with Crippen LogP contribution in [0.4, 0.5) is 5.69 Å². The van der Waals surface area contributed by atoms with E-state index in [2.05, 4.69) is 0 Å². The first-order valence-corrected chi connectivity index (χ1v) is 5.30. The van der Waals surface area contributed by atoms with E-state index in [4.69, 9.17) is 5.73 Å². The average molecular weight is 214 g/mol. The maximum Gasteiger partial charge on any atom is 0.285 e. The van der Waals surface area contributed by atoms with Crippen LogP contribution in [0.3, 0.4) is 0 Å². The number of para-hydroxylation sites is 1. The summed E-state index contributed by atoms with van der Waals surface area (Å²) in [5.74, 6) is 0.241. The Morgan fingerprint density at radius 3 is 2.64 bits per heavy atom. The van der Waals surface area contributed by atoms with Crippen molar-refractivity contribution in [2.75, 3.05) is 12.3 Å². The lowest BCUT2D eigenvalue weighted by molar-refractivity contribution is -0.387. The summed E-state index contributed by atoms with van der Waals surface area (Å²) in [7, 11) is -1.38. The van der Waals surface area contributed by atoms with Gasteiger partial charge in [0.15, 0.2) is 0 Å². The van der Waals surface area contributed by atoms with Crippen LogP contribution in [-0.4, -0.2) is 21.4 Å². The van der Waals surface area contributed by atoms with Gasteiger partial charge in [-0.15, -0.1) is 0 Å². The lowest BCUT2D eigenvalue weighted by Gasteiger charge is -2.00. The predicted molar refractivity (Wildman–Crippen MR) is 53.4 cm³/mol. The molecule has 0 aliphatic heterocycles. The topological polar surface area (TPSA) is 86.2 Å². The van der Waals surface area contributed by atoms with Crippen molar-refractivity contribution in [2.45, 2.75) is 4.90 Å². The van der Waals surface area contributed by atoms with E-state index in [0.29, 0.717) is 0 Å². The van der Waals surface area contributed by atoms with Gasteiger partial charge < -0.3 is 5.73 Å². The van der Waals surface area contributed by atoms with Crippen molar-refractivity contribution < 1.29 is 9.13 Å². The van der Waals surface area contributed by atoms with Gasteiger partial charge in [0.05, 0.1) is 15.7 Å². The normalized spacial score (nSPS) is 12.4. The highest BCUT2D eigenvalue weighted by Gasteiger charge is 2.16. The molecule has 1 aromatic carbocycles. The van der Waals surface area contributed by atoms with Crippen molar-refractivity contribution in [3.05, 3.63) is 34.4 Å². The summed E-state index contributed by atoms with van der Waals surface area (Å²) in [5.41, 5.74) is 5.12. The Hall–Kier alpha value is -1.27. The van der Waals surface area contributed by atoms with Gasteiger partial charge in [-0.05, 0) is 6.07 Å². The first kappa shape index (κ1) is 10.8. The van der Waals surface area contributed by atoms with Crippen LogP contribution in [0.25, 0.3) is 0 Å². The number of hydrogen-bond donors (Lipinski definition) is 1. The zero-order valence-corrected chi connectivity index (χ0v) is 8.20. The fraction of sp³-hybridized carbons (Fsp3) is 0.250. The summed E-state index contributed by atoms with van der Waals surface area (Å²) >= 11 is 0. The van der Waals surface area contributed by atoms with Crippen LogP contribution >= 0.6 is 0 Å². The molecule has 0 bridgehead atoms. The van der Waals surface area contributed by atoms with Crippen LogP contribution in [0.15, 0.2) is 29.2 Å². The van der Waals surface area contributed by atoms with Gasteiger partial charge in [-0.25, -0.2) is 0 Å². The van der Waals surface area contributed by atoms with Crippen LogP contribution in [0.1, 0.15) is 0 Å². The number of benzene rings is 1. The van der Waals surface area contributed by atoms with Crippen molar-refractivity contribution in [1.82, 2.24) is 0 Å². The molecule has 0 aliphatic carbocycles. The van der Waals surface area contributed by atoms with Crippen LogP contribution in [0.5, 0.6) is 0 Å². The number of nitro benzene ring substituents is 1. The summed E-state index contributed by atoms with van der Waals surface area (Å²) in [4.78, 5) is 10.3. The Kier molecular flexibility index (Phi) is 3.73. The van der Waals surface area contributed by atoms with Crippen molar-refractivity contribution in [3.8, 4) is 0 Å². The molecular formula is C8H10N2O3S. The van der Waals surface area contributed by atoms with Gasteiger partial charge >= 0.3 is 0 Å². The van der Waals surface area contributed by atoms with E-state index in [1.165, 1.54) is 12.1 Å². The van der Waals surface area contributed by atoms with E-state index in [0.717, 1.165) is 0 Å². The number of nitro groups is 1.